The van der Waals surface area contributed by atoms with Crippen LogP contribution in [0, 0.1) is 0 Å². The Morgan fingerprint density at radius 1 is 0.600 bits per heavy atom. The van der Waals surface area contributed by atoms with Crippen LogP contribution in [0.2, 0.25) is 0 Å². The molecule has 0 radical (unpaired) electrons. The number of aromatic nitrogens is 3. The van der Waals surface area contributed by atoms with Gasteiger partial charge in [0.25, 0.3) is 0 Å². The first kappa shape index (κ1) is 12.9. The number of benzene rings is 4. The Hall–Kier alpha value is -3.46. The van der Waals surface area contributed by atoms with Crippen LogP contribution in [0.3, 0.4) is 0 Å². The van der Waals surface area contributed by atoms with E-state index in [0.717, 1.165) is 21.9 Å². The number of nitrogens with one attached hydrogen (secondary N) is 1. The summed E-state index contributed by atoms with van der Waals surface area (Å²) in [6.45, 7) is 0. The Morgan fingerprint density at radius 2 is 1.40 bits per heavy atom. The number of fused-ring (bicyclic) bond motifs is 10. The zero-order valence-electron chi connectivity index (χ0n) is 13.3. The fourth-order valence-electron chi connectivity index (χ4n) is 4.06. The zero-order chi connectivity index (χ0) is 16.4. The Morgan fingerprint density at radius 3 is 2.40 bits per heavy atom. The predicted molar refractivity (Wildman–Crippen MR) is 104 cm³/mol. The van der Waals surface area contributed by atoms with Gasteiger partial charge < -0.3 is 4.98 Å². The van der Waals surface area contributed by atoms with Gasteiger partial charge in [-0.3, -0.25) is 0 Å². The summed E-state index contributed by atoms with van der Waals surface area (Å²) in [6, 6.07) is 21.6. The highest BCUT2D eigenvalue weighted by molar-refractivity contribution is 6.31. The van der Waals surface area contributed by atoms with Crippen molar-refractivity contribution in [3.8, 4) is 0 Å². The summed E-state index contributed by atoms with van der Waals surface area (Å²) in [6.07, 6.45) is 3.60. The van der Waals surface area contributed by atoms with Crippen molar-refractivity contribution in [2.75, 3.05) is 0 Å². The second-order valence-corrected chi connectivity index (χ2v) is 6.40. The molecule has 6 aromatic rings. The van der Waals surface area contributed by atoms with Gasteiger partial charge in [-0.25, -0.2) is 9.97 Å². The summed E-state index contributed by atoms with van der Waals surface area (Å²) in [5.41, 5.74) is 2.94. The normalized spacial score (nSPS) is 12.0. The van der Waals surface area contributed by atoms with E-state index in [9.17, 15) is 0 Å². The number of H-pyrrole nitrogens is 1. The van der Waals surface area contributed by atoms with Gasteiger partial charge in [0.05, 0.1) is 5.52 Å². The molecule has 4 aromatic carbocycles. The third-order valence-electron chi connectivity index (χ3n) is 5.14. The number of nitrogens with zero attached hydrogens (tertiary/aromatic N) is 2. The minimum atomic E-state index is 0.934. The van der Waals surface area contributed by atoms with E-state index in [-0.39, 0.29) is 0 Å². The minimum Gasteiger partial charge on any atom is -0.359 e. The van der Waals surface area contributed by atoms with Gasteiger partial charge >= 0.3 is 0 Å². The molecule has 3 nitrogen and oxygen atoms in total. The molecule has 2 aromatic heterocycles. The maximum absolute atomic E-state index is 4.54. The molecule has 0 aliphatic rings. The summed E-state index contributed by atoms with van der Waals surface area (Å²) in [5.74, 6) is 0. The molecule has 0 unspecified atom stereocenters. The minimum absolute atomic E-state index is 0.934. The van der Waals surface area contributed by atoms with Crippen LogP contribution in [0.25, 0.3) is 54.3 Å². The third kappa shape index (κ3) is 1.59. The fourth-order valence-corrected chi connectivity index (χ4v) is 4.06. The van der Waals surface area contributed by atoms with Crippen LogP contribution in [-0.2, 0) is 0 Å². The van der Waals surface area contributed by atoms with Crippen molar-refractivity contribution in [3.05, 3.63) is 73.2 Å². The van der Waals surface area contributed by atoms with Gasteiger partial charge in [0.15, 0.2) is 0 Å². The van der Waals surface area contributed by atoms with Crippen LogP contribution in [0.15, 0.2) is 73.2 Å². The van der Waals surface area contributed by atoms with Crippen molar-refractivity contribution in [3.63, 3.8) is 0 Å². The van der Waals surface area contributed by atoms with E-state index in [1.54, 1.807) is 6.33 Å². The summed E-state index contributed by atoms with van der Waals surface area (Å²) in [7, 11) is 0. The zero-order valence-corrected chi connectivity index (χ0v) is 13.3. The monoisotopic (exact) mass is 319 g/mol. The summed E-state index contributed by atoms with van der Waals surface area (Å²) < 4.78 is 0. The number of hydrogen-bond donors (Lipinski definition) is 1. The van der Waals surface area contributed by atoms with Gasteiger partial charge in [0, 0.05) is 22.4 Å². The lowest BCUT2D eigenvalue weighted by Crippen LogP contribution is -1.87. The van der Waals surface area contributed by atoms with Gasteiger partial charge in [-0.1, -0.05) is 54.6 Å². The summed E-state index contributed by atoms with van der Waals surface area (Å²) in [4.78, 5) is 12.4. The van der Waals surface area contributed by atoms with Crippen LogP contribution in [0.5, 0.6) is 0 Å². The van der Waals surface area contributed by atoms with Gasteiger partial charge in [-0.05, 0) is 27.6 Å². The van der Waals surface area contributed by atoms with E-state index in [4.69, 9.17) is 0 Å². The second kappa shape index (κ2) is 4.54. The maximum Gasteiger partial charge on any atom is 0.117 e. The van der Waals surface area contributed by atoms with Crippen LogP contribution >= 0.6 is 0 Å². The molecule has 0 saturated heterocycles. The van der Waals surface area contributed by atoms with Gasteiger partial charge in [-0.2, -0.15) is 0 Å². The molecule has 0 atom stereocenters. The van der Waals surface area contributed by atoms with Crippen molar-refractivity contribution in [1.82, 2.24) is 15.0 Å². The molecule has 0 bridgehead atoms. The quantitative estimate of drug-likeness (QED) is 0.372. The standard InChI is InChI=1S/C22H13N3/c1-2-5-14-13(4-1)7-8-16-15(14)9-10-18-19(16)17-6-3-11-23-20(17)22-21(18)24-12-25-22/h1-12,23H. The molecule has 6 rings (SSSR count). The molecule has 0 spiro atoms. The number of aromatic amines is 1. The lowest BCUT2D eigenvalue weighted by molar-refractivity contribution is 1.34. The van der Waals surface area contributed by atoms with E-state index >= 15 is 0 Å². The second-order valence-electron chi connectivity index (χ2n) is 6.40. The maximum atomic E-state index is 4.54. The van der Waals surface area contributed by atoms with Crippen LogP contribution in [0.4, 0.5) is 0 Å². The number of rotatable bonds is 0. The number of imidazole rings is 1. The van der Waals surface area contributed by atoms with E-state index in [0.29, 0.717) is 0 Å². The average Bonchev–Trinajstić information content (AvgIpc) is 3.17. The molecule has 0 fully saturated rings. The number of pyridine rings is 1. The van der Waals surface area contributed by atoms with Crippen molar-refractivity contribution in [2.24, 2.45) is 0 Å². The molecular formula is C22H13N3. The van der Waals surface area contributed by atoms with Gasteiger partial charge in [0.1, 0.15) is 17.4 Å². The first-order valence-electron chi connectivity index (χ1n) is 8.36. The molecule has 0 aliphatic carbocycles. The Labute approximate surface area is 142 Å². The van der Waals surface area contributed by atoms with Crippen LogP contribution in [0.1, 0.15) is 0 Å². The molecule has 2 heterocycles. The largest absolute Gasteiger partial charge is 0.359 e. The molecule has 116 valence electrons. The average molecular weight is 319 g/mol. The van der Waals surface area contributed by atoms with Crippen LogP contribution in [-0.4, -0.2) is 15.0 Å². The van der Waals surface area contributed by atoms with E-state index in [2.05, 4.69) is 69.5 Å². The molecule has 25 heavy (non-hydrogen) atoms. The van der Waals surface area contributed by atoms with Crippen molar-refractivity contribution >= 4 is 54.3 Å². The molecule has 0 aliphatic heterocycles. The van der Waals surface area contributed by atoms with Crippen molar-refractivity contribution in [2.45, 2.75) is 0 Å². The Balaban J connectivity index is 2.00. The Bertz CT molecular complexity index is 1440. The highest BCUT2D eigenvalue weighted by Crippen LogP contribution is 2.38. The predicted octanol–water partition coefficient (Wildman–Crippen LogP) is 5.57. The lowest BCUT2D eigenvalue weighted by atomic mass is 9.94. The van der Waals surface area contributed by atoms with E-state index < -0.39 is 0 Å². The summed E-state index contributed by atoms with van der Waals surface area (Å²) in [5, 5.41) is 8.65. The molecular weight excluding hydrogens is 306 g/mol. The third-order valence-corrected chi connectivity index (χ3v) is 5.14. The van der Waals surface area contributed by atoms with Gasteiger partial charge in [0.2, 0.25) is 0 Å². The smallest absolute Gasteiger partial charge is 0.117 e. The molecule has 0 saturated carbocycles. The molecule has 1 N–H and O–H groups in total. The molecule has 0 amide bonds. The van der Waals surface area contributed by atoms with Crippen molar-refractivity contribution < 1.29 is 0 Å². The Kier molecular flexibility index (Phi) is 2.35. The lowest BCUT2D eigenvalue weighted by Gasteiger charge is -2.11. The first-order valence-corrected chi connectivity index (χ1v) is 8.36. The highest BCUT2D eigenvalue weighted by Gasteiger charge is 2.14. The van der Waals surface area contributed by atoms with E-state index in [1.807, 2.05) is 12.3 Å². The van der Waals surface area contributed by atoms with Crippen LogP contribution < -0.4 is 0 Å². The number of hydrogen-bond acceptors (Lipinski definition) is 2. The highest BCUT2D eigenvalue weighted by atomic mass is 14.9. The SMILES string of the molecule is c1ccc2c(c1)ccc1c2ccc2c3ncnc3c3[nH]cccc3c12. The van der Waals surface area contributed by atoms with E-state index in [1.165, 1.54) is 32.3 Å². The van der Waals surface area contributed by atoms with Crippen molar-refractivity contribution in [1.29, 1.82) is 0 Å². The topological polar surface area (TPSA) is 41.6 Å². The summed E-state index contributed by atoms with van der Waals surface area (Å²) >= 11 is 0. The van der Waals surface area contributed by atoms with Gasteiger partial charge in [-0.15, -0.1) is 0 Å². The molecule has 3 heteroatoms. The first-order chi connectivity index (χ1) is 12.4. The fraction of sp³-hybridized carbons (Fsp3) is 0.